The monoisotopic (exact) mass is 277 g/mol. The van der Waals surface area contributed by atoms with Gasteiger partial charge in [-0.1, -0.05) is 19.9 Å². The first-order valence-corrected chi connectivity index (χ1v) is 7.76. The molecular formula is C16H27N3O. The van der Waals surface area contributed by atoms with Crippen molar-refractivity contribution in [1.29, 1.82) is 0 Å². The number of aliphatic hydroxyl groups excluding tert-OH is 1. The number of nitrogens with one attached hydrogen (secondary N) is 1. The Hall–Kier alpha value is -1.13. The van der Waals surface area contributed by atoms with Gasteiger partial charge in [0, 0.05) is 38.0 Å². The number of rotatable bonds is 7. The zero-order valence-electron chi connectivity index (χ0n) is 12.7. The van der Waals surface area contributed by atoms with Gasteiger partial charge in [-0.15, -0.1) is 0 Å². The second-order valence-electron chi connectivity index (χ2n) is 5.92. The van der Waals surface area contributed by atoms with Crippen molar-refractivity contribution in [3.63, 3.8) is 0 Å². The molecule has 112 valence electrons. The Labute approximate surface area is 122 Å². The second kappa shape index (κ2) is 7.60. The van der Waals surface area contributed by atoms with Gasteiger partial charge in [0.2, 0.25) is 0 Å². The molecule has 1 aliphatic heterocycles. The topological polar surface area (TPSA) is 48.4 Å². The molecule has 2 N–H and O–H groups in total. The third-order valence-electron chi connectivity index (χ3n) is 3.89. The minimum Gasteiger partial charge on any atom is -0.396 e. The molecule has 0 aromatic carbocycles. The number of aliphatic hydroxyl groups is 1. The molecule has 1 aliphatic rings. The molecule has 1 atom stereocenters. The van der Waals surface area contributed by atoms with Gasteiger partial charge in [-0.05, 0) is 37.3 Å². The average molecular weight is 277 g/mol. The Morgan fingerprint density at radius 1 is 1.45 bits per heavy atom. The van der Waals surface area contributed by atoms with Crippen molar-refractivity contribution in [2.45, 2.75) is 58.2 Å². The van der Waals surface area contributed by atoms with Crippen molar-refractivity contribution >= 4 is 5.82 Å². The number of nitrogens with zero attached hydrogens (tertiary/aromatic N) is 2. The van der Waals surface area contributed by atoms with E-state index in [1.165, 1.54) is 18.4 Å². The van der Waals surface area contributed by atoms with E-state index in [-0.39, 0.29) is 6.61 Å². The van der Waals surface area contributed by atoms with Crippen LogP contribution in [0.1, 0.15) is 45.1 Å². The van der Waals surface area contributed by atoms with Crippen LogP contribution in [0.15, 0.2) is 18.3 Å². The highest BCUT2D eigenvalue weighted by atomic mass is 16.2. The standard InChI is InChI=1S/C16H27N3O/c1-13(2)17-11-14-7-8-16(18-12-14)19-9-3-5-15(19)6-4-10-20/h7-8,12-13,15,17,20H,3-6,9-11H2,1-2H3. The molecule has 1 saturated heterocycles. The van der Waals surface area contributed by atoms with Crippen LogP contribution in [0, 0.1) is 0 Å². The van der Waals surface area contributed by atoms with Gasteiger partial charge >= 0.3 is 0 Å². The van der Waals surface area contributed by atoms with E-state index >= 15 is 0 Å². The molecule has 0 aliphatic carbocycles. The van der Waals surface area contributed by atoms with Crippen LogP contribution in [0.4, 0.5) is 5.82 Å². The molecule has 1 aromatic rings. The highest BCUT2D eigenvalue weighted by Gasteiger charge is 2.24. The van der Waals surface area contributed by atoms with Gasteiger partial charge < -0.3 is 15.3 Å². The van der Waals surface area contributed by atoms with Crippen LogP contribution < -0.4 is 10.2 Å². The lowest BCUT2D eigenvalue weighted by Crippen LogP contribution is -2.30. The summed E-state index contributed by atoms with van der Waals surface area (Å²) in [6.07, 6.45) is 6.38. The second-order valence-corrected chi connectivity index (χ2v) is 5.92. The molecule has 4 nitrogen and oxygen atoms in total. The van der Waals surface area contributed by atoms with Gasteiger partial charge in [0.1, 0.15) is 5.82 Å². The molecule has 20 heavy (non-hydrogen) atoms. The Morgan fingerprint density at radius 2 is 2.30 bits per heavy atom. The molecule has 0 spiro atoms. The van der Waals surface area contributed by atoms with Crippen molar-refractivity contribution in [2.75, 3.05) is 18.1 Å². The summed E-state index contributed by atoms with van der Waals surface area (Å²) in [6, 6.07) is 5.35. The Morgan fingerprint density at radius 3 is 2.95 bits per heavy atom. The molecule has 0 bridgehead atoms. The van der Waals surface area contributed by atoms with Crippen LogP contribution in [-0.2, 0) is 6.54 Å². The molecular weight excluding hydrogens is 250 g/mol. The Bertz CT molecular complexity index is 391. The molecule has 1 unspecified atom stereocenters. The minimum atomic E-state index is 0.289. The SMILES string of the molecule is CC(C)NCc1ccc(N2CCCC2CCCO)nc1. The number of pyridine rings is 1. The summed E-state index contributed by atoms with van der Waals surface area (Å²) in [6.45, 7) is 6.55. The van der Waals surface area contributed by atoms with E-state index in [1.54, 1.807) is 0 Å². The van der Waals surface area contributed by atoms with Crippen LogP contribution in [-0.4, -0.2) is 35.3 Å². The predicted molar refractivity (Wildman–Crippen MR) is 82.9 cm³/mol. The van der Waals surface area contributed by atoms with Gasteiger partial charge in [0.25, 0.3) is 0 Å². The van der Waals surface area contributed by atoms with Gasteiger partial charge in [0.05, 0.1) is 0 Å². The van der Waals surface area contributed by atoms with Crippen molar-refractivity contribution in [1.82, 2.24) is 10.3 Å². The highest BCUT2D eigenvalue weighted by Crippen LogP contribution is 2.26. The zero-order valence-corrected chi connectivity index (χ0v) is 12.7. The molecule has 1 aromatic heterocycles. The minimum absolute atomic E-state index is 0.289. The predicted octanol–water partition coefficient (Wildman–Crippen LogP) is 2.32. The number of hydrogen-bond donors (Lipinski definition) is 2. The fourth-order valence-electron chi connectivity index (χ4n) is 2.78. The lowest BCUT2D eigenvalue weighted by atomic mass is 10.1. The quantitative estimate of drug-likeness (QED) is 0.803. The Kier molecular flexibility index (Phi) is 5.80. The molecule has 4 heteroatoms. The maximum atomic E-state index is 8.98. The number of aromatic nitrogens is 1. The lowest BCUT2D eigenvalue weighted by molar-refractivity contribution is 0.279. The first-order chi connectivity index (χ1) is 9.70. The summed E-state index contributed by atoms with van der Waals surface area (Å²) in [4.78, 5) is 7.02. The number of hydrogen-bond acceptors (Lipinski definition) is 4. The maximum Gasteiger partial charge on any atom is 0.128 e. The van der Waals surface area contributed by atoms with E-state index in [9.17, 15) is 0 Å². The first kappa shape index (κ1) is 15.3. The summed E-state index contributed by atoms with van der Waals surface area (Å²) >= 11 is 0. The van der Waals surface area contributed by atoms with E-state index < -0.39 is 0 Å². The summed E-state index contributed by atoms with van der Waals surface area (Å²) in [5.74, 6) is 1.08. The van der Waals surface area contributed by atoms with Crippen LogP contribution in [0.25, 0.3) is 0 Å². The third kappa shape index (κ3) is 4.18. The van der Waals surface area contributed by atoms with Crippen molar-refractivity contribution in [3.8, 4) is 0 Å². The van der Waals surface area contributed by atoms with Crippen molar-refractivity contribution in [3.05, 3.63) is 23.9 Å². The first-order valence-electron chi connectivity index (χ1n) is 7.76. The summed E-state index contributed by atoms with van der Waals surface area (Å²) in [5.41, 5.74) is 1.23. The van der Waals surface area contributed by atoms with Crippen molar-refractivity contribution in [2.24, 2.45) is 0 Å². The van der Waals surface area contributed by atoms with Gasteiger partial charge in [-0.3, -0.25) is 0 Å². The van der Waals surface area contributed by atoms with Gasteiger partial charge in [0.15, 0.2) is 0 Å². The normalized spacial score (nSPS) is 19.0. The molecule has 0 saturated carbocycles. The third-order valence-corrected chi connectivity index (χ3v) is 3.89. The van der Waals surface area contributed by atoms with Gasteiger partial charge in [-0.2, -0.15) is 0 Å². The van der Waals surface area contributed by atoms with Crippen LogP contribution in [0.3, 0.4) is 0 Å². The fourth-order valence-corrected chi connectivity index (χ4v) is 2.78. The average Bonchev–Trinajstić information content (AvgIpc) is 2.91. The van der Waals surface area contributed by atoms with Crippen LogP contribution in [0.5, 0.6) is 0 Å². The summed E-state index contributed by atoms with van der Waals surface area (Å²) in [5, 5.41) is 12.4. The van der Waals surface area contributed by atoms with E-state index in [4.69, 9.17) is 5.11 Å². The van der Waals surface area contributed by atoms with E-state index in [0.717, 1.165) is 31.7 Å². The van der Waals surface area contributed by atoms with Crippen LogP contribution in [0.2, 0.25) is 0 Å². The smallest absolute Gasteiger partial charge is 0.128 e. The largest absolute Gasteiger partial charge is 0.396 e. The number of anilines is 1. The lowest BCUT2D eigenvalue weighted by Gasteiger charge is -2.25. The van der Waals surface area contributed by atoms with Crippen molar-refractivity contribution < 1.29 is 5.11 Å². The molecule has 0 amide bonds. The molecule has 2 rings (SSSR count). The summed E-state index contributed by atoms with van der Waals surface area (Å²) < 4.78 is 0. The maximum absolute atomic E-state index is 8.98. The van der Waals surface area contributed by atoms with E-state index in [2.05, 4.69) is 41.2 Å². The molecule has 0 radical (unpaired) electrons. The highest BCUT2D eigenvalue weighted by molar-refractivity contribution is 5.41. The fraction of sp³-hybridized carbons (Fsp3) is 0.688. The van der Waals surface area contributed by atoms with E-state index in [0.29, 0.717) is 12.1 Å². The van der Waals surface area contributed by atoms with E-state index in [1.807, 2.05) is 6.20 Å². The van der Waals surface area contributed by atoms with Crippen LogP contribution >= 0.6 is 0 Å². The Balaban J connectivity index is 1.94. The zero-order chi connectivity index (χ0) is 14.4. The summed E-state index contributed by atoms with van der Waals surface area (Å²) in [7, 11) is 0. The molecule has 2 heterocycles. The van der Waals surface area contributed by atoms with Gasteiger partial charge in [-0.25, -0.2) is 4.98 Å². The molecule has 1 fully saturated rings.